The second-order valence-corrected chi connectivity index (χ2v) is 9.11. The Labute approximate surface area is 178 Å². The topological polar surface area (TPSA) is 79.0 Å². The Bertz CT molecular complexity index is 928. The summed E-state index contributed by atoms with van der Waals surface area (Å²) in [6.07, 6.45) is 3.31. The Balaban J connectivity index is 1.73. The van der Waals surface area contributed by atoms with E-state index in [0.29, 0.717) is 18.0 Å². The number of nitrogens with one attached hydrogen (secondary N) is 1. The van der Waals surface area contributed by atoms with Crippen LogP contribution in [0.3, 0.4) is 0 Å². The minimum atomic E-state index is -3.94. The summed E-state index contributed by atoms with van der Waals surface area (Å²) in [5.41, 5.74) is 0.330. The van der Waals surface area contributed by atoms with Gasteiger partial charge < -0.3 is 15.0 Å². The fourth-order valence-electron chi connectivity index (χ4n) is 3.58. The number of likely N-dealkylation sites (tertiary alicyclic amines) is 1. The highest BCUT2D eigenvalue weighted by molar-refractivity contribution is 7.92. The highest BCUT2D eigenvalue weighted by Crippen LogP contribution is 2.31. The summed E-state index contributed by atoms with van der Waals surface area (Å²) in [7, 11) is -2.46. The van der Waals surface area contributed by atoms with Crippen LogP contribution in [0.4, 0.5) is 5.69 Å². The van der Waals surface area contributed by atoms with E-state index in [9.17, 15) is 13.2 Å². The van der Waals surface area contributed by atoms with E-state index in [-0.39, 0.29) is 17.3 Å². The molecule has 8 heteroatoms. The smallest absolute Gasteiger partial charge is 0.264 e. The van der Waals surface area contributed by atoms with Crippen molar-refractivity contribution in [2.75, 3.05) is 44.1 Å². The van der Waals surface area contributed by atoms with Gasteiger partial charge in [0.05, 0.1) is 17.7 Å². The van der Waals surface area contributed by atoms with Crippen LogP contribution in [-0.4, -0.2) is 59.1 Å². The van der Waals surface area contributed by atoms with Crippen molar-refractivity contribution in [3.05, 3.63) is 54.6 Å². The van der Waals surface area contributed by atoms with E-state index in [4.69, 9.17) is 4.74 Å². The Morgan fingerprint density at radius 3 is 2.43 bits per heavy atom. The van der Waals surface area contributed by atoms with Gasteiger partial charge in [-0.2, -0.15) is 0 Å². The summed E-state index contributed by atoms with van der Waals surface area (Å²) in [4.78, 5) is 15.1. The number of carbonyl (C=O) groups is 1. The summed E-state index contributed by atoms with van der Waals surface area (Å²) in [6.45, 7) is 3.37. The molecule has 1 heterocycles. The van der Waals surface area contributed by atoms with E-state index in [1.165, 1.54) is 32.1 Å². The molecule has 1 saturated heterocycles. The van der Waals surface area contributed by atoms with Crippen molar-refractivity contribution in [3.63, 3.8) is 0 Å². The highest BCUT2D eigenvalue weighted by atomic mass is 32.2. The third kappa shape index (κ3) is 5.52. The number of methoxy groups -OCH3 is 1. The van der Waals surface area contributed by atoms with E-state index in [2.05, 4.69) is 10.2 Å². The molecule has 1 aliphatic heterocycles. The number of ether oxygens (including phenoxy) is 1. The maximum Gasteiger partial charge on any atom is 0.264 e. The maximum atomic E-state index is 13.3. The molecule has 0 atom stereocenters. The lowest BCUT2D eigenvalue weighted by atomic mass is 10.3. The van der Waals surface area contributed by atoms with Crippen LogP contribution in [0.15, 0.2) is 59.5 Å². The molecule has 0 aromatic heterocycles. The fourth-order valence-corrected chi connectivity index (χ4v) is 5.03. The number of nitrogens with zero attached hydrogens (tertiary/aromatic N) is 2. The van der Waals surface area contributed by atoms with E-state index < -0.39 is 10.0 Å². The Morgan fingerprint density at radius 1 is 1.07 bits per heavy atom. The molecule has 162 valence electrons. The average molecular weight is 432 g/mol. The van der Waals surface area contributed by atoms with Crippen molar-refractivity contribution in [2.24, 2.45) is 0 Å². The average Bonchev–Trinajstić information content (AvgIpc) is 3.29. The van der Waals surface area contributed by atoms with Crippen molar-refractivity contribution in [1.82, 2.24) is 10.2 Å². The molecule has 1 N–H and O–H groups in total. The van der Waals surface area contributed by atoms with Crippen LogP contribution < -0.4 is 14.4 Å². The number of hydrogen-bond acceptors (Lipinski definition) is 5. The number of carbonyl (C=O) groups excluding carboxylic acids is 1. The third-order valence-electron chi connectivity index (χ3n) is 5.14. The molecule has 1 amide bonds. The quantitative estimate of drug-likeness (QED) is 0.585. The molecule has 1 aliphatic rings. The van der Waals surface area contributed by atoms with Gasteiger partial charge in [-0.25, -0.2) is 8.42 Å². The van der Waals surface area contributed by atoms with Gasteiger partial charge in [-0.05, 0) is 63.2 Å². The normalized spacial score (nSPS) is 14.4. The first-order chi connectivity index (χ1) is 14.5. The van der Waals surface area contributed by atoms with Gasteiger partial charge in [0.25, 0.3) is 10.0 Å². The van der Waals surface area contributed by atoms with Crippen molar-refractivity contribution >= 4 is 21.6 Å². The van der Waals surface area contributed by atoms with Gasteiger partial charge in [-0.3, -0.25) is 9.10 Å². The van der Waals surface area contributed by atoms with Crippen LogP contribution in [0.25, 0.3) is 0 Å². The lowest BCUT2D eigenvalue weighted by Gasteiger charge is -2.25. The first kappa shape index (κ1) is 22.1. The van der Waals surface area contributed by atoms with Crippen LogP contribution >= 0.6 is 0 Å². The van der Waals surface area contributed by atoms with Gasteiger partial charge in [0, 0.05) is 6.54 Å². The molecule has 30 heavy (non-hydrogen) atoms. The second-order valence-electron chi connectivity index (χ2n) is 7.25. The first-order valence-electron chi connectivity index (χ1n) is 10.2. The van der Waals surface area contributed by atoms with Gasteiger partial charge in [0.15, 0.2) is 0 Å². The highest BCUT2D eigenvalue weighted by Gasteiger charge is 2.29. The zero-order chi connectivity index (χ0) is 21.4. The van der Waals surface area contributed by atoms with Gasteiger partial charge in [-0.15, -0.1) is 0 Å². The van der Waals surface area contributed by atoms with Gasteiger partial charge in [-0.1, -0.05) is 30.3 Å². The molecule has 0 unspecified atom stereocenters. The zero-order valence-corrected chi connectivity index (χ0v) is 18.1. The van der Waals surface area contributed by atoms with E-state index >= 15 is 0 Å². The molecule has 2 aromatic carbocycles. The van der Waals surface area contributed by atoms with Crippen molar-refractivity contribution < 1.29 is 17.9 Å². The summed E-state index contributed by atoms with van der Waals surface area (Å²) >= 11 is 0. The standard InChI is InChI=1S/C22H29N3O4S/c1-29-21-13-6-5-12-20(21)25(30(27,28)19-10-3-2-4-11-19)18-22(26)23-14-9-17-24-15-7-8-16-24/h2-6,10-13H,7-9,14-18H2,1H3,(H,23,26). The van der Waals surface area contributed by atoms with Crippen molar-refractivity contribution in [2.45, 2.75) is 24.2 Å². The number of amides is 1. The molecule has 0 radical (unpaired) electrons. The molecule has 3 rings (SSSR count). The molecule has 0 spiro atoms. The molecule has 2 aromatic rings. The van der Waals surface area contributed by atoms with Crippen LogP contribution in [-0.2, 0) is 14.8 Å². The minimum Gasteiger partial charge on any atom is -0.495 e. The number of rotatable bonds is 10. The lowest BCUT2D eigenvalue weighted by molar-refractivity contribution is -0.119. The van der Waals surface area contributed by atoms with E-state index in [0.717, 1.165) is 30.4 Å². The molecular formula is C22H29N3O4S. The first-order valence-corrected chi connectivity index (χ1v) is 11.7. The van der Waals surface area contributed by atoms with Crippen LogP contribution in [0.5, 0.6) is 5.75 Å². The number of hydrogen-bond donors (Lipinski definition) is 1. The largest absolute Gasteiger partial charge is 0.495 e. The number of para-hydroxylation sites is 2. The van der Waals surface area contributed by atoms with Crippen LogP contribution in [0.1, 0.15) is 19.3 Å². The second kappa shape index (κ2) is 10.4. The molecule has 1 fully saturated rings. The zero-order valence-electron chi connectivity index (χ0n) is 17.3. The van der Waals surface area contributed by atoms with Crippen molar-refractivity contribution in [3.8, 4) is 5.75 Å². The van der Waals surface area contributed by atoms with Crippen molar-refractivity contribution in [1.29, 1.82) is 0 Å². The van der Waals surface area contributed by atoms with Gasteiger partial charge in [0.2, 0.25) is 5.91 Å². The number of sulfonamides is 1. The van der Waals surface area contributed by atoms with Crippen LogP contribution in [0.2, 0.25) is 0 Å². The minimum absolute atomic E-state index is 0.123. The Kier molecular flexibility index (Phi) is 7.70. The molecule has 0 saturated carbocycles. The van der Waals surface area contributed by atoms with Crippen LogP contribution in [0, 0.1) is 0 Å². The molecular weight excluding hydrogens is 402 g/mol. The van der Waals surface area contributed by atoms with E-state index in [1.54, 1.807) is 42.5 Å². The molecule has 0 aliphatic carbocycles. The summed E-state index contributed by atoms with van der Waals surface area (Å²) < 4.78 is 33.1. The van der Waals surface area contributed by atoms with Gasteiger partial charge >= 0.3 is 0 Å². The summed E-state index contributed by atoms with van der Waals surface area (Å²) in [5.74, 6) is 0.0423. The molecule has 7 nitrogen and oxygen atoms in total. The fraction of sp³-hybridized carbons (Fsp3) is 0.409. The Hall–Kier alpha value is -2.58. The molecule has 0 bridgehead atoms. The van der Waals surface area contributed by atoms with Gasteiger partial charge in [0.1, 0.15) is 12.3 Å². The summed E-state index contributed by atoms with van der Waals surface area (Å²) in [6, 6.07) is 14.9. The third-order valence-corrected chi connectivity index (χ3v) is 6.92. The number of benzene rings is 2. The SMILES string of the molecule is COc1ccccc1N(CC(=O)NCCCN1CCCC1)S(=O)(=O)c1ccccc1. The Morgan fingerprint density at radius 2 is 1.73 bits per heavy atom. The lowest BCUT2D eigenvalue weighted by Crippen LogP contribution is -2.41. The van der Waals surface area contributed by atoms with E-state index in [1.807, 2.05) is 0 Å². The monoisotopic (exact) mass is 431 g/mol. The predicted molar refractivity (Wildman–Crippen MR) is 117 cm³/mol. The summed E-state index contributed by atoms with van der Waals surface area (Å²) in [5, 5.41) is 2.86. The maximum absolute atomic E-state index is 13.3. The predicted octanol–water partition coefficient (Wildman–Crippen LogP) is 2.49. The number of anilines is 1.